The molecule has 0 aliphatic heterocycles. The maximum atomic E-state index is 11.6. The number of carbonyl (C=O) groups is 1. The minimum absolute atomic E-state index is 0.142. The third-order valence-corrected chi connectivity index (χ3v) is 4.93. The Labute approximate surface area is 136 Å². The van der Waals surface area contributed by atoms with Gasteiger partial charge < -0.3 is 10.2 Å². The minimum Gasteiger partial charge on any atom is -0.481 e. The first-order valence-corrected chi connectivity index (χ1v) is 8.11. The van der Waals surface area contributed by atoms with E-state index in [1.54, 1.807) is 0 Å². The largest absolute Gasteiger partial charge is 0.481 e. The van der Waals surface area contributed by atoms with Crippen molar-refractivity contribution in [1.82, 2.24) is 0 Å². The van der Waals surface area contributed by atoms with Crippen LogP contribution in [0.25, 0.3) is 0 Å². The van der Waals surface area contributed by atoms with Crippen LogP contribution in [0.1, 0.15) is 36.3 Å². The van der Waals surface area contributed by atoms with Gasteiger partial charge in [0.15, 0.2) is 0 Å². The molecule has 23 heavy (non-hydrogen) atoms. The van der Waals surface area contributed by atoms with Gasteiger partial charge in [-0.25, -0.2) is 0 Å². The van der Waals surface area contributed by atoms with E-state index in [1.165, 1.54) is 0 Å². The van der Waals surface area contributed by atoms with Crippen molar-refractivity contribution in [1.29, 1.82) is 0 Å². The third-order valence-electron chi connectivity index (χ3n) is 4.93. The SMILES string of the molecule is O=C(O)[C@@H]1CC[C@@](O)(Cc2ccccc2)C[C@H]1c1ccccc1. The second-order valence-corrected chi connectivity index (χ2v) is 6.59. The van der Waals surface area contributed by atoms with Gasteiger partial charge >= 0.3 is 5.97 Å². The Morgan fingerprint density at radius 2 is 1.65 bits per heavy atom. The highest BCUT2D eigenvalue weighted by molar-refractivity contribution is 5.71. The molecule has 0 spiro atoms. The third kappa shape index (κ3) is 3.62. The Balaban J connectivity index is 1.84. The van der Waals surface area contributed by atoms with Crippen LogP contribution in [-0.2, 0) is 11.2 Å². The van der Waals surface area contributed by atoms with E-state index in [-0.39, 0.29) is 5.92 Å². The summed E-state index contributed by atoms with van der Waals surface area (Å²) >= 11 is 0. The molecule has 3 heteroatoms. The topological polar surface area (TPSA) is 57.5 Å². The zero-order valence-electron chi connectivity index (χ0n) is 13.1. The van der Waals surface area contributed by atoms with E-state index in [9.17, 15) is 15.0 Å². The number of aliphatic carboxylic acids is 1. The first-order valence-electron chi connectivity index (χ1n) is 8.11. The summed E-state index contributed by atoms with van der Waals surface area (Å²) in [5, 5.41) is 20.6. The number of aliphatic hydroxyl groups is 1. The molecule has 120 valence electrons. The van der Waals surface area contributed by atoms with Crippen molar-refractivity contribution in [2.75, 3.05) is 0 Å². The molecule has 3 nitrogen and oxygen atoms in total. The number of hydrogen-bond donors (Lipinski definition) is 2. The molecular weight excluding hydrogens is 288 g/mol. The van der Waals surface area contributed by atoms with Crippen molar-refractivity contribution >= 4 is 5.97 Å². The van der Waals surface area contributed by atoms with Crippen LogP contribution in [0.3, 0.4) is 0 Å². The normalized spacial score (nSPS) is 27.5. The summed E-state index contributed by atoms with van der Waals surface area (Å²) < 4.78 is 0. The lowest BCUT2D eigenvalue weighted by Gasteiger charge is -2.40. The van der Waals surface area contributed by atoms with E-state index >= 15 is 0 Å². The van der Waals surface area contributed by atoms with Gasteiger partial charge in [0.2, 0.25) is 0 Å². The molecule has 2 aromatic rings. The molecule has 0 aromatic heterocycles. The maximum absolute atomic E-state index is 11.6. The average Bonchev–Trinajstić information content (AvgIpc) is 2.56. The van der Waals surface area contributed by atoms with Gasteiger partial charge in [0, 0.05) is 6.42 Å². The average molecular weight is 310 g/mol. The molecule has 1 aliphatic rings. The van der Waals surface area contributed by atoms with Crippen molar-refractivity contribution < 1.29 is 15.0 Å². The molecule has 3 atom stereocenters. The Hall–Kier alpha value is -2.13. The Morgan fingerprint density at radius 1 is 1.04 bits per heavy atom. The van der Waals surface area contributed by atoms with E-state index in [0.717, 1.165) is 11.1 Å². The molecule has 0 amide bonds. The first kappa shape index (κ1) is 15.8. The van der Waals surface area contributed by atoms with Crippen molar-refractivity contribution in [3.05, 3.63) is 71.8 Å². The highest BCUT2D eigenvalue weighted by atomic mass is 16.4. The van der Waals surface area contributed by atoms with Gasteiger partial charge in [-0.15, -0.1) is 0 Å². The van der Waals surface area contributed by atoms with Crippen molar-refractivity contribution in [2.24, 2.45) is 5.92 Å². The number of benzene rings is 2. The summed E-state index contributed by atoms with van der Waals surface area (Å²) in [6, 6.07) is 19.6. The summed E-state index contributed by atoms with van der Waals surface area (Å²) in [5.41, 5.74) is 1.26. The molecule has 2 aromatic carbocycles. The summed E-state index contributed by atoms with van der Waals surface area (Å²) in [4.78, 5) is 11.6. The van der Waals surface area contributed by atoms with Crippen LogP contribution in [0.5, 0.6) is 0 Å². The fourth-order valence-electron chi connectivity index (χ4n) is 3.76. The number of carboxylic acids is 1. The summed E-state index contributed by atoms with van der Waals surface area (Å²) in [6.45, 7) is 0. The summed E-state index contributed by atoms with van der Waals surface area (Å²) in [5.74, 6) is -1.33. The van der Waals surface area contributed by atoms with Crippen LogP contribution in [0.15, 0.2) is 60.7 Å². The molecule has 0 bridgehead atoms. The van der Waals surface area contributed by atoms with E-state index in [0.29, 0.717) is 25.7 Å². The van der Waals surface area contributed by atoms with Gasteiger partial charge in [0.25, 0.3) is 0 Å². The monoisotopic (exact) mass is 310 g/mol. The van der Waals surface area contributed by atoms with Gasteiger partial charge in [-0.05, 0) is 36.3 Å². The second kappa shape index (κ2) is 6.55. The van der Waals surface area contributed by atoms with E-state index < -0.39 is 17.5 Å². The lowest BCUT2D eigenvalue weighted by atomic mass is 9.67. The van der Waals surface area contributed by atoms with Crippen molar-refractivity contribution in [3.8, 4) is 0 Å². The molecule has 0 radical (unpaired) electrons. The van der Waals surface area contributed by atoms with E-state index in [2.05, 4.69) is 0 Å². The molecule has 2 N–H and O–H groups in total. The van der Waals surface area contributed by atoms with Gasteiger partial charge in [0.05, 0.1) is 11.5 Å². The molecule has 0 unspecified atom stereocenters. The van der Waals surface area contributed by atoms with Crippen LogP contribution in [0.2, 0.25) is 0 Å². The zero-order valence-corrected chi connectivity index (χ0v) is 13.1. The Morgan fingerprint density at radius 3 is 2.26 bits per heavy atom. The highest BCUT2D eigenvalue weighted by Crippen LogP contribution is 2.44. The van der Waals surface area contributed by atoms with E-state index in [4.69, 9.17) is 0 Å². The second-order valence-electron chi connectivity index (χ2n) is 6.59. The predicted octanol–water partition coefficient (Wildman–Crippen LogP) is 3.63. The number of rotatable bonds is 4. The summed E-state index contributed by atoms with van der Waals surface area (Å²) in [7, 11) is 0. The summed E-state index contributed by atoms with van der Waals surface area (Å²) in [6.07, 6.45) is 2.10. The van der Waals surface area contributed by atoms with Crippen LogP contribution < -0.4 is 0 Å². The number of hydrogen-bond acceptors (Lipinski definition) is 2. The lowest BCUT2D eigenvalue weighted by molar-refractivity contribution is -0.146. The lowest BCUT2D eigenvalue weighted by Crippen LogP contribution is -2.42. The standard InChI is InChI=1S/C20H22O3/c21-19(22)17-11-12-20(23,13-15-7-3-1-4-8-15)14-18(17)16-9-5-2-6-10-16/h1-10,17-18,23H,11-14H2,(H,21,22)/t17-,18+,20-/m1/s1. The van der Waals surface area contributed by atoms with Crippen LogP contribution in [0.4, 0.5) is 0 Å². The first-order chi connectivity index (χ1) is 11.1. The quantitative estimate of drug-likeness (QED) is 0.906. The van der Waals surface area contributed by atoms with Gasteiger partial charge in [-0.2, -0.15) is 0 Å². The molecule has 1 saturated carbocycles. The molecule has 1 fully saturated rings. The molecule has 0 saturated heterocycles. The van der Waals surface area contributed by atoms with Gasteiger partial charge in [-0.1, -0.05) is 60.7 Å². The van der Waals surface area contributed by atoms with E-state index in [1.807, 2.05) is 60.7 Å². The minimum atomic E-state index is -0.839. The highest BCUT2D eigenvalue weighted by Gasteiger charge is 2.42. The van der Waals surface area contributed by atoms with Gasteiger partial charge in [0.1, 0.15) is 0 Å². The van der Waals surface area contributed by atoms with Gasteiger partial charge in [-0.3, -0.25) is 4.79 Å². The van der Waals surface area contributed by atoms with Crippen LogP contribution in [-0.4, -0.2) is 21.8 Å². The Kier molecular flexibility index (Phi) is 4.49. The Bertz CT molecular complexity index is 653. The van der Waals surface area contributed by atoms with Crippen LogP contribution >= 0.6 is 0 Å². The van der Waals surface area contributed by atoms with Crippen LogP contribution in [0, 0.1) is 5.92 Å². The zero-order chi connectivity index (χ0) is 16.3. The predicted molar refractivity (Wildman–Crippen MR) is 89.3 cm³/mol. The molecule has 3 rings (SSSR count). The molecule has 0 heterocycles. The fraction of sp³-hybridized carbons (Fsp3) is 0.350. The van der Waals surface area contributed by atoms with Crippen molar-refractivity contribution in [3.63, 3.8) is 0 Å². The fourth-order valence-corrected chi connectivity index (χ4v) is 3.76. The van der Waals surface area contributed by atoms with Crippen molar-refractivity contribution in [2.45, 2.75) is 37.2 Å². The number of carboxylic acid groups (broad SMARTS) is 1. The maximum Gasteiger partial charge on any atom is 0.307 e. The molecular formula is C20H22O3. The molecule has 1 aliphatic carbocycles. The smallest absolute Gasteiger partial charge is 0.307 e.